The lowest BCUT2D eigenvalue weighted by Crippen LogP contribution is -2.42. The van der Waals surface area contributed by atoms with E-state index >= 15 is 0 Å². The number of unbranched alkanes of at least 4 members (excludes halogenated alkanes) is 1. The number of aromatic nitrogens is 2. The maximum Gasteiger partial charge on any atom is 0.225 e. The van der Waals surface area contributed by atoms with Gasteiger partial charge in [-0.3, -0.25) is 0 Å². The predicted molar refractivity (Wildman–Crippen MR) is 149 cm³/mol. The van der Waals surface area contributed by atoms with Gasteiger partial charge in [-0.1, -0.05) is 37.1 Å². The fourth-order valence-corrected chi connectivity index (χ4v) is 7.64. The second kappa shape index (κ2) is 12.3. The minimum atomic E-state index is -3.37. The molecule has 3 aliphatic rings. The fourth-order valence-electron chi connectivity index (χ4n) is 6.14. The number of para-hydroxylation sites is 1. The van der Waals surface area contributed by atoms with Crippen LogP contribution in [0.15, 0.2) is 42.2 Å². The van der Waals surface area contributed by atoms with E-state index in [4.69, 9.17) is 9.84 Å². The van der Waals surface area contributed by atoms with Crippen molar-refractivity contribution in [2.75, 3.05) is 43.4 Å². The first-order valence-corrected chi connectivity index (χ1v) is 15.8. The zero-order valence-electron chi connectivity index (χ0n) is 22.6. The van der Waals surface area contributed by atoms with E-state index in [0.717, 1.165) is 61.4 Å². The van der Waals surface area contributed by atoms with Gasteiger partial charge in [-0.15, -0.1) is 0 Å². The molecule has 0 bridgehead atoms. The summed E-state index contributed by atoms with van der Waals surface area (Å²) in [6.07, 6.45) is 11.0. The molecule has 5 rings (SSSR count). The SMILES string of the molecule is CCCc1cnc(N2CCC(C3Oc4c(F)cccc4C3C3=CCN(S(=O)(=O)CCCCO)CC3)CC2)nc1. The predicted octanol–water partition coefficient (Wildman–Crippen LogP) is 4.06. The van der Waals surface area contributed by atoms with Crippen molar-refractivity contribution in [2.45, 2.75) is 63.9 Å². The van der Waals surface area contributed by atoms with E-state index in [1.165, 1.54) is 10.4 Å². The highest BCUT2D eigenvalue weighted by Crippen LogP contribution is 2.49. The number of fused-ring (bicyclic) bond motifs is 1. The van der Waals surface area contributed by atoms with Gasteiger partial charge in [0.2, 0.25) is 16.0 Å². The lowest BCUT2D eigenvalue weighted by Gasteiger charge is -2.37. The van der Waals surface area contributed by atoms with E-state index in [1.807, 2.05) is 24.5 Å². The lowest BCUT2D eigenvalue weighted by atomic mass is 9.77. The number of aliphatic hydroxyl groups excluding tert-OH is 1. The molecule has 10 heteroatoms. The molecule has 8 nitrogen and oxygen atoms in total. The third kappa shape index (κ3) is 6.12. The fraction of sp³-hybridized carbons (Fsp3) is 0.586. The molecule has 4 heterocycles. The van der Waals surface area contributed by atoms with Crippen molar-refractivity contribution in [3.05, 3.63) is 59.2 Å². The third-order valence-corrected chi connectivity index (χ3v) is 10.2. The van der Waals surface area contributed by atoms with Crippen molar-refractivity contribution in [3.63, 3.8) is 0 Å². The van der Waals surface area contributed by atoms with Crippen molar-refractivity contribution in [1.82, 2.24) is 14.3 Å². The van der Waals surface area contributed by atoms with E-state index in [1.54, 1.807) is 6.07 Å². The number of sulfonamides is 1. The van der Waals surface area contributed by atoms with Crippen LogP contribution in [0.5, 0.6) is 5.75 Å². The Morgan fingerprint density at radius 3 is 2.56 bits per heavy atom. The Balaban J connectivity index is 1.30. The minimum Gasteiger partial charge on any atom is -0.486 e. The Labute approximate surface area is 231 Å². The molecule has 1 aromatic heterocycles. The molecule has 1 N–H and O–H groups in total. The topological polar surface area (TPSA) is 95.9 Å². The Kier molecular flexibility index (Phi) is 8.83. The van der Waals surface area contributed by atoms with E-state index < -0.39 is 10.0 Å². The van der Waals surface area contributed by atoms with E-state index in [9.17, 15) is 12.8 Å². The molecule has 0 radical (unpaired) electrons. The highest BCUT2D eigenvalue weighted by atomic mass is 32.2. The van der Waals surface area contributed by atoms with Crippen LogP contribution in [-0.2, 0) is 16.4 Å². The number of hydrogen-bond donors (Lipinski definition) is 1. The Morgan fingerprint density at radius 2 is 1.90 bits per heavy atom. The van der Waals surface area contributed by atoms with Crippen LogP contribution >= 0.6 is 0 Å². The maximum absolute atomic E-state index is 14.8. The Bertz CT molecular complexity index is 1260. The average Bonchev–Trinajstić information content (AvgIpc) is 3.35. The molecule has 0 aliphatic carbocycles. The summed E-state index contributed by atoms with van der Waals surface area (Å²) in [5.41, 5.74) is 3.14. The zero-order valence-corrected chi connectivity index (χ0v) is 23.5. The molecule has 0 saturated carbocycles. The quantitative estimate of drug-likeness (QED) is 0.347. The number of rotatable bonds is 10. The van der Waals surface area contributed by atoms with Gasteiger partial charge in [-0.25, -0.2) is 22.8 Å². The molecule has 2 unspecified atom stereocenters. The summed E-state index contributed by atoms with van der Waals surface area (Å²) in [6.45, 7) is 4.48. The van der Waals surface area contributed by atoms with Gasteiger partial charge in [0, 0.05) is 62.6 Å². The summed E-state index contributed by atoms with van der Waals surface area (Å²) in [6, 6.07) is 5.12. The molecule has 2 aromatic rings. The largest absolute Gasteiger partial charge is 0.486 e. The number of anilines is 1. The zero-order chi connectivity index (χ0) is 27.4. The van der Waals surface area contributed by atoms with Crippen molar-refractivity contribution in [3.8, 4) is 5.75 Å². The van der Waals surface area contributed by atoms with Gasteiger partial charge in [-0.05, 0) is 50.2 Å². The number of hydrogen-bond acceptors (Lipinski definition) is 7. The van der Waals surface area contributed by atoms with Crippen LogP contribution in [0.2, 0.25) is 0 Å². The first kappa shape index (κ1) is 28.0. The molecule has 3 aliphatic heterocycles. The van der Waals surface area contributed by atoms with Crippen molar-refractivity contribution >= 4 is 16.0 Å². The molecule has 2 atom stereocenters. The summed E-state index contributed by atoms with van der Waals surface area (Å²) < 4.78 is 48.3. The molecule has 39 heavy (non-hydrogen) atoms. The van der Waals surface area contributed by atoms with Crippen LogP contribution in [0.25, 0.3) is 0 Å². The van der Waals surface area contributed by atoms with Crippen LogP contribution in [0.4, 0.5) is 10.3 Å². The summed E-state index contributed by atoms with van der Waals surface area (Å²) in [7, 11) is -3.37. The van der Waals surface area contributed by atoms with Crippen LogP contribution in [0.3, 0.4) is 0 Å². The van der Waals surface area contributed by atoms with Crippen LogP contribution < -0.4 is 9.64 Å². The lowest BCUT2D eigenvalue weighted by molar-refractivity contribution is 0.119. The maximum atomic E-state index is 14.8. The number of aryl methyl sites for hydroxylation is 1. The van der Waals surface area contributed by atoms with Gasteiger partial charge in [0.05, 0.1) is 5.75 Å². The van der Waals surface area contributed by atoms with Gasteiger partial charge in [-0.2, -0.15) is 4.31 Å². The monoisotopic (exact) mass is 558 g/mol. The van der Waals surface area contributed by atoms with Crippen molar-refractivity contribution < 1.29 is 22.7 Å². The smallest absolute Gasteiger partial charge is 0.225 e. The second-order valence-corrected chi connectivity index (χ2v) is 12.9. The average molecular weight is 559 g/mol. The van der Waals surface area contributed by atoms with Gasteiger partial charge in [0.15, 0.2) is 11.6 Å². The third-order valence-electron chi connectivity index (χ3n) is 8.24. The molecule has 1 aromatic carbocycles. The summed E-state index contributed by atoms with van der Waals surface area (Å²) in [4.78, 5) is 11.4. The van der Waals surface area contributed by atoms with Crippen LogP contribution in [0.1, 0.15) is 62.5 Å². The standard InChI is InChI=1S/C29H39FN4O4S/c1-2-6-21-19-31-29(32-20-21)33-13-9-23(10-14-33)27-26(24-7-5-8-25(30)28(24)38-27)22-11-15-34(16-12-22)39(36,37)18-4-3-17-35/h5,7-8,11,19-20,23,26-27,35H,2-4,6,9-10,12-18H2,1H3. The Hall–Kier alpha value is -2.56. The van der Waals surface area contributed by atoms with Gasteiger partial charge >= 0.3 is 0 Å². The first-order valence-electron chi connectivity index (χ1n) is 14.2. The molecule has 1 fully saturated rings. The number of ether oxygens (including phenoxy) is 1. The van der Waals surface area contributed by atoms with Gasteiger partial charge in [0.25, 0.3) is 0 Å². The highest BCUT2D eigenvalue weighted by molar-refractivity contribution is 7.89. The van der Waals surface area contributed by atoms with E-state index in [2.05, 4.69) is 21.8 Å². The highest BCUT2D eigenvalue weighted by Gasteiger charge is 2.44. The van der Waals surface area contributed by atoms with Crippen molar-refractivity contribution in [2.24, 2.45) is 5.92 Å². The van der Waals surface area contributed by atoms with E-state index in [-0.39, 0.29) is 36.1 Å². The molecule has 0 spiro atoms. The summed E-state index contributed by atoms with van der Waals surface area (Å²) in [5, 5.41) is 9.00. The van der Waals surface area contributed by atoms with Crippen LogP contribution in [0, 0.1) is 11.7 Å². The number of benzene rings is 1. The number of piperidine rings is 1. The number of halogens is 1. The number of aliphatic hydroxyl groups is 1. The summed E-state index contributed by atoms with van der Waals surface area (Å²) >= 11 is 0. The summed E-state index contributed by atoms with van der Waals surface area (Å²) in [5.74, 6) is 0.937. The van der Waals surface area contributed by atoms with Gasteiger partial charge < -0.3 is 14.7 Å². The molecule has 212 valence electrons. The van der Waals surface area contributed by atoms with Gasteiger partial charge in [0.1, 0.15) is 6.10 Å². The second-order valence-electron chi connectivity index (χ2n) is 10.8. The molecular formula is C29H39FN4O4S. The minimum absolute atomic E-state index is 0.00417. The molecule has 1 saturated heterocycles. The van der Waals surface area contributed by atoms with E-state index in [0.29, 0.717) is 38.1 Å². The van der Waals surface area contributed by atoms with Crippen LogP contribution in [-0.4, -0.2) is 72.4 Å². The normalized spacial score (nSPS) is 22.4. The molecular weight excluding hydrogens is 519 g/mol. The van der Waals surface area contributed by atoms with Crippen molar-refractivity contribution in [1.29, 1.82) is 0 Å². The molecule has 0 amide bonds. The Morgan fingerprint density at radius 1 is 1.13 bits per heavy atom. The first-order chi connectivity index (χ1) is 18.9. The number of nitrogens with zero attached hydrogens (tertiary/aromatic N) is 4.